The van der Waals surface area contributed by atoms with Crippen LogP contribution in [0.25, 0.3) is 11.3 Å². The van der Waals surface area contributed by atoms with Gasteiger partial charge in [0.2, 0.25) is 0 Å². The van der Waals surface area contributed by atoms with E-state index in [2.05, 4.69) is 27.3 Å². The molecule has 0 bridgehead atoms. The van der Waals surface area contributed by atoms with E-state index in [0.29, 0.717) is 18.8 Å². The fourth-order valence-corrected chi connectivity index (χ4v) is 5.82. The van der Waals surface area contributed by atoms with Crippen LogP contribution in [0.3, 0.4) is 0 Å². The molecule has 1 aliphatic heterocycles. The highest BCUT2D eigenvalue weighted by Crippen LogP contribution is 2.35. The highest BCUT2D eigenvalue weighted by molar-refractivity contribution is 5.98. The number of carbonyl (C=O) groups excluding carboxylic acids is 2. The van der Waals surface area contributed by atoms with Gasteiger partial charge in [-0.15, -0.1) is 0 Å². The number of imidazole rings is 1. The first-order chi connectivity index (χ1) is 18.7. The first-order valence-corrected chi connectivity index (χ1v) is 13.8. The molecule has 1 aromatic heterocycles. The van der Waals surface area contributed by atoms with Gasteiger partial charge in [0.25, 0.3) is 5.91 Å². The van der Waals surface area contributed by atoms with Crippen molar-refractivity contribution >= 4 is 12.0 Å². The van der Waals surface area contributed by atoms with Gasteiger partial charge in [0, 0.05) is 31.2 Å². The SMILES string of the molecule is CCOC(=O)N[C@H]1CCCC[C@@H]1n1cnc(C(=O)N2CCNC[C@H]2Cc2ccccc2)c1-c1ccccc1. The Bertz CT molecular complexity index is 1210. The standard InChI is InChI=1S/C30H37N5O3/c1-2-38-30(37)33-25-15-9-10-16-26(25)35-21-32-27(28(35)23-13-7-4-8-14-23)29(36)34-18-17-31-20-24(34)19-22-11-5-3-6-12-22/h3-8,11-14,21,24-26,31H,2,9-10,15-20H2,1H3,(H,33,37)/t24-,25+,26+/m1/s1. The molecule has 8 heteroatoms. The summed E-state index contributed by atoms with van der Waals surface area (Å²) in [5.74, 6) is -0.0456. The van der Waals surface area contributed by atoms with E-state index in [1.54, 1.807) is 13.3 Å². The van der Waals surface area contributed by atoms with Crippen LogP contribution in [-0.4, -0.2) is 64.8 Å². The number of benzene rings is 2. The fourth-order valence-electron chi connectivity index (χ4n) is 5.82. The van der Waals surface area contributed by atoms with Crippen molar-refractivity contribution in [1.82, 2.24) is 25.1 Å². The Labute approximate surface area is 224 Å². The fraction of sp³-hybridized carbons (Fsp3) is 0.433. The van der Waals surface area contributed by atoms with E-state index < -0.39 is 6.09 Å². The molecule has 8 nitrogen and oxygen atoms in total. The molecule has 2 fully saturated rings. The number of amides is 2. The maximum atomic E-state index is 14.2. The number of ether oxygens (including phenoxy) is 1. The van der Waals surface area contributed by atoms with Gasteiger partial charge in [0.1, 0.15) is 0 Å². The Morgan fingerprint density at radius 3 is 2.55 bits per heavy atom. The molecule has 2 aromatic carbocycles. The molecule has 38 heavy (non-hydrogen) atoms. The predicted octanol–water partition coefficient (Wildman–Crippen LogP) is 4.44. The molecule has 1 saturated heterocycles. The number of rotatable bonds is 7. The lowest BCUT2D eigenvalue weighted by Gasteiger charge is -2.36. The minimum atomic E-state index is -0.397. The molecular weight excluding hydrogens is 478 g/mol. The molecule has 2 N–H and O–H groups in total. The summed E-state index contributed by atoms with van der Waals surface area (Å²) < 4.78 is 7.30. The second kappa shape index (κ2) is 12.3. The average molecular weight is 516 g/mol. The van der Waals surface area contributed by atoms with Crippen LogP contribution < -0.4 is 10.6 Å². The molecule has 1 saturated carbocycles. The first-order valence-electron chi connectivity index (χ1n) is 13.8. The summed E-state index contributed by atoms with van der Waals surface area (Å²) in [6.45, 7) is 4.27. The van der Waals surface area contributed by atoms with E-state index in [4.69, 9.17) is 9.72 Å². The first kappa shape index (κ1) is 26.0. The van der Waals surface area contributed by atoms with Crippen LogP contribution in [0.1, 0.15) is 54.7 Å². The molecule has 3 atom stereocenters. The number of hydrogen-bond donors (Lipinski definition) is 2. The number of nitrogens with one attached hydrogen (secondary N) is 2. The highest BCUT2D eigenvalue weighted by Gasteiger charge is 2.35. The van der Waals surface area contributed by atoms with Crippen LogP contribution in [0.5, 0.6) is 0 Å². The maximum Gasteiger partial charge on any atom is 0.407 e. The molecule has 3 aromatic rings. The lowest BCUT2D eigenvalue weighted by atomic mass is 9.89. The van der Waals surface area contributed by atoms with Crippen molar-refractivity contribution in [3.05, 3.63) is 78.2 Å². The number of nitrogens with zero attached hydrogens (tertiary/aromatic N) is 3. The molecule has 0 unspecified atom stereocenters. The van der Waals surface area contributed by atoms with Gasteiger partial charge in [-0.3, -0.25) is 4.79 Å². The Morgan fingerprint density at radius 2 is 1.79 bits per heavy atom. The van der Waals surface area contributed by atoms with Crippen LogP contribution in [-0.2, 0) is 11.2 Å². The molecule has 5 rings (SSSR count). The van der Waals surface area contributed by atoms with Gasteiger partial charge >= 0.3 is 6.09 Å². The van der Waals surface area contributed by atoms with Gasteiger partial charge in [-0.25, -0.2) is 9.78 Å². The number of carbonyl (C=O) groups is 2. The lowest BCUT2D eigenvalue weighted by Crippen LogP contribution is -2.54. The molecule has 2 amide bonds. The van der Waals surface area contributed by atoms with Gasteiger partial charge in [0.15, 0.2) is 5.69 Å². The van der Waals surface area contributed by atoms with E-state index in [1.807, 2.05) is 53.4 Å². The van der Waals surface area contributed by atoms with Crippen LogP contribution in [0.2, 0.25) is 0 Å². The summed E-state index contributed by atoms with van der Waals surface area (Å²) in [6.07, 6.45) is 6.03. The van der Waals surface area contributed by atoms with Gasteiger partial charge in [-0.05, 0) is 31.7 Å². The van der Waals surface area contributed by atoms with Crippen molar-refractivity contribution in [2.45, 2.75) is 57.2 Å². The van der Waals surface area contributed by atoms with Crippen molar-refractivity contribution in [2.75, 3.05) is 26.2 Å². The smallest absolute Gasteiger partial charge is 0.407 e. The zero-order valence-corrected chi connectivity index (χ0v) is 22.0. The van der Waals surface area contributed by atoms with Crippen molar-refractivity contribution in [3.8, 4) is 11.3 Å². The average Bonchev–Trinajstić information content (AvgIpc) is 3.39. The third-order valence-corrected chi connectivity index (χ3v) is 7.63. The summed E-state index contributed by atoms with van der Waals surface area (Å²) in [6, 6.07) is 20.3. The van der Waals surface area contributed by atoms with Crippen LogP contribution in [0.15, 0.2) is 67.0 Å². The Balaban J connectivity index is 1.49. The van der Waals surface area contributed by atoms with Crippen LogP contribution >= 0.6 is 0 Å². The summed E-state index contributed by atoms with van der Waals surface area (Å²) >= 11 is 0. The largest absolute Gasteiger partial charge is 0.450 e. The Kier molecular flexibility index (Phi) is 8.38. The maximum absolute atomic E-state index is 14.2. The zero-order valence-electron chi connectivity index (χ0n) is 22.0. The normalized spacial score (nSPS) is 21.6. The third kappa shape index (κ3) is 5.75. The van der Waals surface area contributed by atoms with Crippen LogP contribution in [0.4, 0.5) is 4.79 Å². The van der Waals surface area contributed by atoms with Gasteiger partial charge < -0.3 is 24.8 Å². The molecule has 0 spiro atoms. The number of alkyl carbamates (subject to hydrolysis) is 1. The molecule has 1 aliphatic carbocycles. The van der Waals surface area contributed by atoms with E-state index >= 15 is 0 Å². The summed E-state index contributed by atoms with van der Waals surface area (Å²) in [5, 5.41) is 6.53. The van der Waals surface area contributed by atoms with Crippen molar-refractivity contribution < 1.29 is 14.3 Å². The zero-order chi connectivity index (χ0) is 26.3. The summed E-state index contributed by atoms with van der Waals surface area (Å²) in [4.78, 5) is 33.2. The number of aromatic nitrogens is 2. The quantitative estimate of drug-likeness (QED) is 0.486. The second-order valence-electron chi connectivity index (χ2n) is 10.1. The topological polar surface area (TPSA) is 88.5 Å². The van der Waals surface area contributed by atoms with E-state index in [1.165, 1.54) is 5.56 Å². The summed E-state index contributed by atoms with van der Waals surface area (Å²) in [5.41, 5.74) is 3.44. The van der Waals surface area contributed by atoms with E-state index in [0.717, 1.165) is 56.5 Å². The van der Waals surface area contributed by atoms with Gasteiger partial charge in [-0.1, -0.05) is 73.5 Å². The Morgan fingerprint density at radius 1 is 1.05 bits per heavy atom. The van der Waals surface area contributed by atoms with E-state index in [9.17, 15) is 9.59 Å². The Hall–Kier alpha value is -3.65. The molecule has 200 valence electrons. The summed E-state index contributed by atoms with van der Waals surface area (Å²) in [7, 11) is 0. The van der Waals surface area contributed by atoms with Gasteiger partial charge in [-0.2, -0.15) is 0 Å². The monoisotopic (exact) mass is 515 g/mol. The highest BCUT2D eigenvalue weighted by atomic mass is 16.5. The molecule has 2 heterocycles. The molecule has 0 radical (unpaired) electrons. The second-order valence-corrected chi connectivity index (χ2v) is 10.1. The predicted molar refractivity (Wildman–Crippen MR) is 147 cm³/mol. The minimum absolute atomic E-state index is 0.0134. The lowest BCUT2D eigenvalue weighted by molar-refractivity contribution is 0.0631. The van der Waals surface area contributed by atoms with Gasteiger partial charge in [0.05, 0.1) is 30.7 Å². The van der Waals surface area contributed by atoms with Crippen molar-refractivity contribution in [1.29, 1.82) is 0 Å². The van der Waals surface area contributed by atoms with E-state index in [-0.39, 0.29) is 24.0 Å². The number of hydrogen-bond acceptors (Lipinski definition) is 5. The molecular formula is C30H37N5O3. The van der Waals surface area contributed by atoms with Crippen molar-refractivity contribution in [3.63, 3.8) is 0 Å². The third-order valence-electron chi connectivity index (χ3n) is 7.63. The molecule has 2 aliphatic rings. The van der Waals surface area contributed by atoms with Crippen molar-refractivity contribution in [2.24, 2.45) is 0 Å². The number of piperazine rings is 1. The van der Waals surface area contributed by atoms with Crippen LogP contribution in [0, 0.1) is 0 Å². The minimum Gasteiger partial charge on any atom is -0.450 e.